The van der Waals surface area contributed by atoms with Gasteiger partial charge >= 0.3 is 5.97 Å². The topological polar surface area (TPSA) is 83.9 Å². The van der Waals surface area contributed by atoms with E-state index in [-0.39, 0.29) is 24.8 Å². The summed E-state index contributed by atoms with van der Waals surface area (Å²) in [5, 5.41) is 9.43. The number of aliphatic carboxylic acids is 1. The number of carboxylic acids is 1. The highest BCUT2D eigenvalue weighted by atomic mass is 32.2. The summed E-state index contributed by atoms with van der Waals surface area (Å²) in [6.45, 7) is 2.44. The Kier molecular flexibility index (Phi) is 3.74. The Morgan fingerprint density at radius 3 is 2.68 bits per heavy atom. The van der Waals surface area contributed by atoms with E-state index in [1.807, 2.05) is 19.1 Å². The highest BCUT2D eigenvalue weighted by molar-refractivity contribution is 7.88. The Hall–Kier alpha value is -1.44. The molecule has 1 aromatic carbocycles. The van der Waals surface area contributed by atoms with E-state index in [2.05, 4.69) is 0 Å². The van der Waals surface area contributed by atoms with Crippen LogP contribution in [-0.2, 0) is 25.3 Å². The van der Waals surface area contributed by atoms with Crippen LogP contribution in [-0.4, -0.2) is 49.1 Å². The lowest BCUT2D eigenvalue weighted by Gasteiger charge is -2.23. The van der Waals surface area contributed by atoms with Crippen LogP contribution in [0.15, 0.2) is 24.3 Å². The van der Waals surface area contributed by atoms with Crippen LogP contribution in [0.25, 0.3) is 0 Å². The van der Waals surface area contributed by atoms with Crippen LogP contribution in [0.1, 0.15) is 17.5 Å². The number of fused-ring (bicyclic) bond motifs is 1. The molecule has 2 heterocycles. The molecule has 2 fully saturated rings. The Bertz CT molecular complexity index is 684. The minimum atomic E-state index is -3.55. The van der Waals surface area contributed by atoms with E-state index in [1.54, 1.807) is 12.1 Å². The van der Waals surface area contributed by atoms with Crippen molar-refractivity contribution in [1.29, 1.82) is 0 Å². The van der Waals surface area contributed by atoms with E-state index in [1.165, 1.54) is 4.31 Å². The summed E-state index contributed by atoms with van der Waals surface area (Å²) in [6, 6.07) is 7.30. The SMILES string of the molecule is Cc1ccc(CS(=O)(=O)N2C[C@@H]3CCO[C@]3(C(=O)O)C2)cc1. The van der Waals surface area contributed by atoms with E-state index < -0.39 is 21.6 Å². The van der Waals surface area contributed by atoms with Gasteiger partial charge in [-0.3, -0.25) is 0 Å². The van der Waals surface area contributed by atoms with Crippen LogP contribution in [0, 0.1) is 12.8 Å². The molecule has 1 N–H and O–H groups in total. The van der Waals surface area contributed by atoms with E-state index in [9.17, 15) is 18.3 Å². The molecule has 0 aliphatic carbocycles. The van der Waals surface area contributed by atoms with Crippen molar-refractivity contribution in [1.82, 2.24) is 4.31 Å². The number of benzene rings is 1. The molecule has 3 rings (SSSR count). The van der Waals surface area contributed by atoms with Crippen LogP contribution in [0.2, 0.25) is 0 Å². The standard InChI is InChI=1S/C15H19NO5S/c1-11-2-4-12(5-3-11)9-22(19,20)16-8-13-6-7-21-15(13,10-16)14(17)18/h2-5,13H,6-10H2,1H3,(H,17,18)/t13-,15+/m0/s1. The molecule has 120 valence electrons. The van der Waals surface area contributed by atoms with Gasteiger partial charge < -0.3 is 9.84 Å². The third kappa shape index (κ3) is 2.53. The number of carboxylic acid groups (broad SMARTS) is 1. The number of ether oxygens (including phenoxy) is 1. The second-order valence-corrected chi connectivity index (χ2v) is 8.03. The fourth-order valence-electron chi connectivity index (χ4n) is 3.22. The molecule has 22 heavy (non-hydrogen) atoms. The average molecular weight is 325 g/mol. The first-order valence-corrected chi connectivity index (χ1v) is 8.85. The lowest BCUT2D eigenvalue weighted by Crippen LogP contribution is -2.45. The lowest BCUT2D eigenvalue weighted by molar-refractivity contribution is -0.160. The summed E-state index contributed by atoms with van der Waals surface area (Å²) >= 11 is 0. The third-order valence-electron chi connectivity index (χ3n) is 4.55. The maximum absolute atomic E-state index is 12.6. The van der Waals surface area contributed by atoms with Gasteiger partial charge in [-0.05, 0) is 18.9 Å². The number of rotatable bonds is 4. The fourth-order valence-corrected chi connectivity index (χ4v) is 4.81. The molecule has 2 atom stereocenters. The Morgan fingerprint density at radius 1 is 1.41 bits per heavy atom. The van der Waals surface area contributed by atoms with Gasteiger partial charge in [0.05, 0.1) is 12.3 Å². The molecule has 2 saturated heterocycles. The second kappa shape index (κ2) is 5.33. The van der Waals surface area contributed by atoms with Gasteiger partial charge in [0.15, 0.2) is 5.60 Å². The molecular weight excluding hydrogens is 306 g/mol. The van der Waals surface area contributed by atoms with Gasteiger partial charge in [-0.2, -0.15) is 4.31 Å². The molecular formula is C15H19NO5S. The lowest BCUT2D eigenvalue weighted by atomic mass is 9.91. The van der Waals surface area contributed by atoms with Crippen molar-refractivity contribution in [2.24, 2.45) is 5.92 Å². The quantitative estimate of drug-likeness (QED) is 0.893. The smallest absolute Gasteiger partial charge is 0.337 e. The number of carbonyl (C=O) groups is 1. The average Bonchev–Trinajstić information content (AvgIpc) is 2.99. The largest absolute Gasteiger partial charge is 0.479 e. The number of nitrogens with zero attached hydrogens (tertiary/aromatic N) is 1. The molecule has 2 aliphatic heterocycles. The highest BCUT2D eigenvalue weighted by Crippen LogP contribution is 2.40. The first-order chi connectivity index (χ1) is 10.3. The van der Waals surface area contributed by atoms with Crippen LogP contribution in [0.3, 0.4) is 0 Å². The molecule has 0 unspecified atom stereocenters. The van der Waals surface area contributed by atoms with Crippen molar-refractivity contribution >= 4 is 16.0 Å². The van der Waals surface area contributed by atoms with Crippen molar-refractivity contribution in [2.45, 2.75) is 24.7 Å². The summed E-state index contributed by atoms with van der Waals surface area (Å²) in [7, 11) is -3.55. The van der Waals surface area contributed by atoms with E-state index in [0.29, 0.717) is 18.6 Å². The predicted molar refractivity (Wildman–Crippen MR) is 79.8 cm³/mol. The van der Waals surface area contributed by atoms with E-state index >= 15 is 0 Å². The van der Waals surface area contributed by atoms with Crippen molar-refractivity contribution in [3.8, 4) is 0 Å². The maximum Gasteiger partial charge on any atom is 0.337 e. The summed E-state index contributed by atoms with van der Waals surface area (Å²) in [5.41, 5.74) is 0.406. The molecule has 0 spiro atoms. The van der Waals surface area contributed by atoms with Crippen molar-refractivity contribution in [3.05, 3.63) is 35.4 Å². The van der Waals surface area contributed by atoms with Gasteiger partial charge in [0.2, 0.25) is 10.0 Å². The van der Waals surface area contributed by atoms with Gasteiger partial charge in [-0.1, -0.05) is 29.8 Å². The molecule has 7 heteroatoms. The molecule has 1 aromatic rings. The highest BCUT2D eigenvalue weighted by Gasteiger charge is 2.58. The van der Waals surface area contributed by atoms with Crippen LogP contribution < -0.4 is 0 Å². The number of hydrogen-bond donors (Lipinski definition) is 1. The van der Waals surface area contributed by atoms with E-state index in [0.717, 1.165) is 5.56 Å². The first-order valence-electron chi connectivity index (χ1n) is 7.24. The molecule has 0 aromatic heterocycles. The van der Waals surface area contributed by atoms with E-state index in [4.69, 9.17) is 4.74 Å². The van der Waals surface area contributed by atoms with Gasteiger partial charge in [0.25, 0.3) is 0 Å². The minimum Gasteiger partial charge on any atom is -0.479 e. The molecule has 2 aliphatic rings. The van der Waals surface area contributed by atoms with Crippen molar-refractivity contribution in [2.75, 3.05) is 19.7 Å². The zero-order chi connectivity index (χ0) is 16.0. The summed E-state index contributed by atoms with van der Waals surface area (Å²) in [6.07, 6.45) is 0.586. The van der Waals surface area contributed by atoms with Crippen molar-refractivity contribution in [3.63, 3.8) is 0 Å². The summed E-state index contributed by atoms with van der Waals surface area (Å²) in [5.74, 6) is -1.45. The molecule has 6 nitrogen and oxygen atoms in total. The van der Waals surface area contributed by atoms with Crippen molar-refractivity contribution < 1.29 is 23.1 Å². The van der Waals surface area contributed by atoms with Gasteiger partial charge in [0.1, 0.15) is 0 Å². The zero-order valence-electron chi connectivity index (χ0n) is 12.4. The Balaban J connectivity index is 1.79. The first kappa shape index (κ1) is 15.5. The minimum absolute atomic E-state index is 0.0960. The maximum atomic E-state index is 12.6. The third-order valence-corrected chi connectivity index (χ3v) is 6.31. The predicted octanol–water partition coefficient (Wildman–Crippen LogP) is 1.00. The zero-order valence-corrected chi connectivity index (χ0v) is 13.2. The molecule has 0 radical (unpaired) electrons. The molecule has 0 bridgehead atoms. The molecule has 0 amide bonds. The molecule has 0 saturated carbocycles. The number of sulfonamides is 1. The van der Waals surface area contributed by atoms with Crippen LogP contribution in [0.5, 0.6) is 0 Å². The number of hydrogen-bond acceptors (Lipinski definition) is 4. The summed E-state index contributed by atoms with van der Waals surface area (Å²) < 4.78 is 31.8. The van der Waals surface area contributed by atoms with Gasteiger partial charge in [-0.15, -0.1) is 0 Å². The fraction of sp³-hybridized carbons (Fsp3) is 0.533. The Morgan fingerprint density at radius 2 is 2.09 bits per heavy atom. The normalized spacial score (nSPS) is 28.7. The Labute approximate surface area is 129 Å². The summed E-state index contributed by atoms with van der Waals surface area (Å²) in [4.78, 5) is 11.5. The van der Waals surface area contributed by atoms with Crippen LogP contribution >= 0.6 is 0 Å². The van der Waals surface area contributed by atoms with Gasteiger partial charge in [-0.25, -0.2) is 13.2 Å². The van der Waals surface area contributed by atoms with Gasteiger partial charge in [0, 0.05) is 19.1 Å². The monoisotopic (exact) mass is 325 g/mol. The van der Waals surface area contributed by atoms with Crippen LogP contribution in [0.4, 0.5) is 0 Å². The number of aryl methyl sites for hydroxylation is 1. The second-order valence-electron chi connectivity index (χ2n) is 6.06.